The largest absolute Gasteiger partial charge is 0.477 e. The van der Waals surface area contributed by atoms with Crippen LogP contribution < -0.4 is 5.32 Å². The summed E-state index contributed by atoms with van der Waals surface area (Å²) >= 11 is 3.97. The second-order valence-corrected chi connectivity index (χ2v) is 11.6. The summed E-state index contributed by atoms with van der Waals surface area (Å²) in [6.07, 6.45) is 1.52. The molecule has 0 saturated carbocycles. The Bertz CT molecular complexity index is 1120. The van der Waals surface area contributed by atoms with E-state index in [-0.39, 0.29) is 18.2 Å². The number of amides is 2. The maximum atomic E-state index is 12.8. The summed E-state index contributed by atoms with van der Waals surface area (Å²) in [4.78, 5) is 38.3. The minimum atomic E-state index is -1.49. The van der Waals surface area contributed by atoms with Crippen LogP contribution in [0.1, 0.15) is 0 Å². The summed E-state index contributed by atoms with van der Waals surface area (Å²) < 4.78 is 19.6. The average Bonchev–Trinajstić information content (AvgIpc) is 3.48. The Balaban J connectivity index is 1.41. The van der Waals surface area contributed by atoms with Crippen molar-refractivity contribution < 1.29 is 28.4 Å². The molecule has 176 valence electrons. The molecule has 0 aromatic carbocycles. The molecule has 11 nitrogen and oxygen atoms in total. The third kappa shape index (κ3) is 5.01. The smallest absolute Gasteiger partial charge is 0.352 e. The fourth-order valence-electron chi connectivity index (χ4n) is 3.33. The number of carboxylic acids is 1. The second-order valence-electron chi connectivity index (χ2n) is 6.92. The van der Waals surface area contributed by atoms with Crippen molar-refractivity contribution in [1.29, 1.82) is 0 Å². The highest BCUT2D eigenvalue weighted by Crippen LogP contribution is 2.41. The van der Waals surface area contributed by atoms with E-state index < -0.39 is 40.0 Å². The number of nitrogens with zero attached hydrogens (tertiary/aromatic N) is 4. The summed E-state index contributed by atoms with van der Waals surface area (Å²) in [6.45, 7) is 0.264. The monoisotopic (exact) mass is 529 g/mol. The fourth-order valence-corrected chi connectivity index (χ4v) is 7.63. The van der Waals surface area contributed by atoms with Crippen molar-refractivity contribution in [2.75, 3.05) is 24.4 Å². The Labute approximate surface area is 203 Å². The fraction of sp³-hybridized carbons (Fsp3) is 0.389. The molecule has 2 N–H and O–H groups in total. The minimum absolute atomic E-state index is 0.0679. The van der Waals surface area contributed by atoms with Crippen LogP contribution in [0.15, 0.2) is 44.5 Å². The summed E-state index contributed by atoms with van der Waals surface area (Å²) in [7, 11) is 0.0513. The highest BCUT2D eigenvalue weighted by Gasteiger charge is 2.54. The number of aromatic nitrogens is 3. The number of aliphatic carboxylic acids is 1. The zero-order valence-corrected chi connectivity index (χ0v) is 20.5. The van der Waals surface area contributed by atoms with Crippen LogP contribution in [0, 0.1) is 0 Å². The summed E-state index contributed by atoms with van der Waals surface area (Å²) in [6, 6.07) is 2.58. The van der Waals surface area contributed by atoms with Crippen LogP contribution in [0.5, 0.6) is 0 Å². The summed E-state index contributed by atoms with van der Waals surface area (Å²) in [5.41, 5.74) is 0.513. The number of hydrogen-bond donors (Lipinski definition) is 2. The van der Waals surface area contributed by atoms with Crippen LogP contribution in [-0.4, -0.2) is 82.5 Å². The van der Waals surface area contributed by atoms with Crippen molar-refractivity contribution in [3.8, 4) is 0 Å². The quantitative estimate of drug-likeness (QED) is 0.331. The zero-order chi connectivity index (χ0) is 23.5. The Kier molecular flexibility index (Phi) is 7.53. The van der Waals surface area contributed by atoms with E-state index in [9.17, 15) is 23.7 Å². The van der Waals surface area contributed by atoms with Gasteiger partial charge in [-0.1, -0.05) is 17.8 Å². The van der Waals surface area contributed by atoms with E-state index in [2.05, 4.69) is 15.5 Å². The van der Waals surface area contributed by atoms with Crippen molar-refractivity contribution in [2.24, 2.45) is 0 Å². The molecule has 15 heteroatoms. The van der Waals surface area contributed by atoms with Gasteiger partial charge in [0.1, 0.15) is 35.9 Å². The van der Waals surface area contributed by atoms with Gasteiger partial charge in [0.2, 0.25) is 5.91 Å². The third-order valence-electron chi connectivity index (χ3n) is 4.77. The van der Waals surface area contributed by atoms with Gasteiger partial charge in [0.05, 0.1) is 15.0 Å². The number of thioether (sulfide) groups is 2. The van der Waals surface area contributed by atoms with Gasteiger partial charge in [-0.05, 0) is 17.0 Å². The first-order chi connectivity index (χ1) is 15.9. The molecule has 0 spiro atoms. The molecular formula is C18H19N5O6S4. The molecule has 2 unspecified atom stereocenters. The van der Waals surface area contributed by atoms with Gasteiger partial charge < -0.3 is 15.2 Å². The lowest BCUT2D eigenvalue weighted by Crippen LogP contribution is -2.70. The lowest BCUT2D eigenvalue weighted by molar-refractivity contribution is -0.150. The number of fused-ring (bicyclic) bond motifs is 1. The number of nitrogens with one attached hydrogen (secondary N) is 1. The van der Waals surface area contributed by atoms with Crippen LogP contribution in [0.4, 0.5) is 0 Å². The van der Waals surface area contributed by atoms with Crippen molar-refractivity contribution >= 4 is 63.4 Å². The third-order valence-corrected chi connectivity index (χ3v) is 9.80. The molecule has 2 aliphatic rings. The van der Waals surface area contributed by atoms with Crippen molar-refractivity contribution in [2.45, 2.75) is 27.5 Å². The predicted octanol–water partition coefficient (Wildman–Crippen LogP) is 0.582. The molecule has 0 radical (unpaired) electrons. The van der Waals surface area contributed by atoms with E-state index in [0.29, 0.717) is 26.4 Å². The standard InChI is InChI=1S/C18H19N5O6S4/c1-29-9-22-8-19-21-18(22)32-6-10-5-31-16-13(15(25)23(16)14(10)17(26)27)20-11(24)7-33(28)12-3-2-4-30-12/h2-4,8,13,16H,5-7,9H2,1H3,(H,20,24)(H,26,27)/t13?,16-,33?/m1/s1. The van der Waals surface area contributed by atoms with Crippen LogP contribution in [0.2, 0.25) is 0 Å². The van der Waals surface area contributed by atoms with Gasteiger partial charge in [-0.2, -0.15) is 0 Å². The minimum Gasteiger partial charge on any atom is -0.477 e. The summed E-state index contributed by atoms with van der Waals surface area (Å²) in [5.74, 6) is -1.77. The Hall–Kier alpha value is -2.20. The van der Waals surface area contributed by atoms with Gasteiger partial charge in [-0.25, -0.2) is 4.79 Å². The van der Waals surface area contributed by atoms with Crippen LogP contribution in [0.25, 0.3) is 0 Å². The Morgan fingerprint density at radius 1 is 1.45 bits per heavy atom. The lowest BCUT2D eigenvalue weighted by atomic mass is 10.0. The van der Waals surface area contributed by atoms with E-state index in [1.165, 1.54) is 46.1 Å². The van der Waals surface area contributed by atoms with Crippen molar-refractivity contribution in [1.82, 2.24) is 25.0 Å². The number of ether oxygens (including phenoxy) is 1. The average molecular weight is 530 g/mol. The van der Waals surface area contributed by atoms with Crippen molar-refractivity contribution in [3.63, 3.8) is 0 Å². The van der Waals surface area contributed by atoms with E-state index in [1.807, 2.05) is 0 Å². The number of methoxy groups -OCH3 is 1. The number of carbonyl (C=O) groups is 3. The molecule has 2 aromatic rings. The maximum absolute atomic E-state index is 12.8. The molecule has 0 aliphatic carbocycles. The first-order valence-corrected chi connectivity index (χ1v) is 13.7. The maximum Gasteiger partial charge on any atom is 0.352 e. The SMILES string of the molecule is COCn1cnnc1SCC1=C(C(=O)O)N2C(=O)C(NC(=O)CS(=O)c3cccs3)[C@H]2SC1. The molecule has 1 fully saturated rings. The zero-order valence-electron chi connectivity index (χ0n) is 17.2. The molecule has 4 heterocycles. The number of β-lactam (4-membered cyclic amide) rings is 1. The van der Waals surface area contributed by atoms with Gasteiger partial charge in [0.25, 0.3) is 5.91 Å². The van der Waals surface area contributed by atoms with Crippen LogP contribution in [0.3, 0.4) is 0 Å². The highest BCUT2D eigenvalue weighted by molar-refractivity contribution is 8.01. The van der Waals surface area contributed by atoms with E-state index >= 15 is 0 Å². The number of rotatable bonds is 10. The topological polar surface area (TPSA) is 144 Å². The molecule has 0 bridgehead atoms. The Morgan fingerprint density at radius 3 is 2.97 bits per heavy atom. The van der Waals surface area contributed by atoms with Gasteiger partial charge in [0.15, 0.2) is 5.16 Å². The number of carbonyl (C=O) groups excluding carboxylic acids is 2. The van der Waals surface area contributed by atoms with Crippen molar-refractivity contribution in [3.05, 3.63) is 35.1 Å². The van der Waals surface area contributed by atoms with Gasteiger partial charge in [-0.3, -0.25) is 23.3 Å². The van der Waals surface area contributed by atoms with Gasteiger partial charge in [-0.15, -0.1) is 33.3 Å². The normalized spacial score (nSPS) is 20.9. The molecule has 33 heavy (non-hydrogen) atoms. The molecule has 3 atom stereocenters. The summed E-state index contributed by atoms with van der Waals surface area (Å²) in [5, 5.41) is 22.1. The number of hydrogen-bond acceptors (Lipinski definition) is 10. The Morgan fingerprint density at radius 2 is 2.27 bits per heavy atom. The first-order valence-electron chi connectivity index (χ1n) is 9.51. The number of thiophene rings is 1. The molecule has 2 aliphatic heterocycles. The van der Waals surface area contributed by atoms with Crippen LogP contribution in [-0.2, 0) is 36.7 Å². The lowest BCUT2D eigenvalue weighted by Gasteiger charge is -2.49. The molecule has 4 rings (SSSR count). The number of carboxylic acid groups (broad SMARTS) is 1. The molecular weight excluding hydrogens is 510 g/mol. The molecule has 2 amide bonds. The van der Waals surface area contributed by atoms with Gasteiger partial charge in [0, 0.05) is 18.6 Å². The van der Waals surface area contributed by atoms with E-state index in [0.717, 1.165) is 0 Å². The first kappa shape index (κ1) is 23.9. The highest BCUT2D eigenvalue weighted by atomic mass is 32.2. The molecule has 1 saturated heterocycles. The second kappa shape index (κ2) is 10.4. The van der Waals surface area contributed by atoms with E-state index in [1.54, 1.807) is 29.2 Å². The molecule has 2 aromatic heterocycles. The predicted molar refractivity (Wildman–Crippen MR) is 123 cm³/mol. The van der Waals surface area contributed by atoms with Crippen LogP contribution >= 0.6 is 34.9 Å². The van der Waals surface area contributed by atoms with Gasteiger partial charge >= 0.3 is 5.97 Å². The van der Waals surface area contributed by atoms with E-state index in [4.69, 9.17) is 4.74 Å².